The maximum absolute atomic E-state index is 12.2. The highest BCUT2D eigenvalue weighted by Crippen LogP contribution is 2.29. The molecule has 31 heavy (non-hydrogen) atoms. The van der Waals surface area contributed by atoms with Gasteiger partial charge in [0.1, 0.15) is 5.60 Å². The molecule has 0 bridgehead atoms. The minimum atomic E-state index is -3.27. The van der Waals surface area contributed by atoms with E-state index in [1.165, 1.54) is 5.57 Å². The van der Waals surface area contributed by atoms with E-state index < -0.39 is 15.4 Å². The fourth-order valence-electron chi connectivity index (χ4n) is 3.89. The minimum absolute atomic E-state index is 0.103. The van der Waals surface area contributed by atoms with Crippen LogP contribution in [0.5, 0.6) is 0 Å². The van der Waals surface area contributed by atoms with Gasteiger partial charge in [0.25, 0.3) is 0 Å². The molecule has 7 nitrogen and oxygen atoms in total. The third kappa shape index (κ3) is 7.04. The van der Waals surface area contributed by atoms with Crippen molar-refractivity contribution < 1.29 is 22.7 Å². The third-order valence-electron chi connectivity index (χ3n) is 5.68. The Bertz CT molecular complexity index is 895. The van der Waals surface area contributed by atoms with Crippen molar-refractivity contribution in [2.75, 3.05) is 26.0 Å². The van der Waals surface area contributed by atoms with Crippen molar-refractivity contribution in [1.82, 2.24) is 9.88 Å². The summed E-state index contributed by atoms with van der Waals surface area (Å²) in [5.74, 6) is 0.469. The lowest BCUT2D eigenvalue weighted by atomic mass is 9.92. The number of ether oxygens (including phenoxy) is 2. The number of hydrogen-bond acceptors (Lipinski definition) is 6. The first-order chi connectivity index (χ1) is 14.5. The van der Waals surface area contributed by atoms with Crippen LogP contribution in [-0.4, -0.2) is 62.1 Å². The number of rotatable bonds is 5. The molecule has 0 saturated carbocycles. The van der Waals surface area contributed by atoms with Gasteiger partial charge in [-0.05, 0) is 76.0 Å². The molecule has 3 rings (SSSR count). The van der Waals surface area contributed by atoms with Crippen LogP contribution >= 0.6 is 0 Å². The van der Waals surface area contributed by atoms with Crippen molar-refractivity contribution in [2.45, 2.75) is 69.6 Å². The normalized spacial score (nSPS) is 21.0. The van der Waals surface area contributed by atoms with Crippen LogP contribution in [0, 0.1) is 5.92 Å². The Balaban J connectivity index is 1.42. The molecule has 1 amide bonds. The molecular formula is C23H34N2O5S. The summed E-state index contributed by atoms with van der Waals surface area (Å²) >= 11 is 0. The smallest absolute Gasteiger partial charge is 0.410 e. The van der Waals surface area contributed by atoms with Crippen LogP contribution < -0.4 is 0 Å². The molecule has 1 unspecified atom stereocenters. The molecule has 2 aliphatic rings. The fourth-order valence-corrected chi connectivity index (χ4v) is 4.45. The molecule has 8 heteroatoms. The molecular weight excluding hydrogens is 416 g/mol. The van der Waals surface area contributed by atoms with Crippen LogP contribution in [0.2, 0.25) is 0 Å². The molecule has 1 aromatic heterocycles. The van der Waals surface area contributed by atoms with Gasteiger partial charge in [-0.1, -0.05) is 12.1 Å². The molecule has 1 aliphatic carbocycles. The number of carbonyl (C=O) groups excluding carboxylic acids is 1. The maximum atomic E-state index is 12.2. The summed E-state index contributed by atoms with van der Waals surface area (Å²) in [5, 5.41) is 0.103. The Labute approximate surface area is 185 Å². The van der Waals surface area contributed by atoms with Gasteiger partial charge in [0.05, 0.1) is 6.10 Å². The van der Waals surface area contributed by atoms with Crippen molar-refractivity contribution in [3.05, 3.63) is 30.0 Å². The van der Waals surface area contributed by atoms with Crippen molar-refractivity contribution in [3.63, 3.8) is 0 Å². The molecule has 1 aromatic rings. The van der Waals surface area contributed by atoms with Crippen LogP contribution in [0.15, 0.2) is 29.4 Å². The van der Waals surface area contributed by atoms with Crippen LogP contribution in [0.1, 0.15) is 58.4 Å². The van der Waals surface area contributed by atoms with Gasteiger partial charge in [0.15, 0.2) is 14.9 Å². The topological polar surface area (TPSA) is 85.8 Å². The second kappa shape index (κ2) is 9.69. The average Bonchev–Trinajstić information content (AvgIpc) is 2.71. The lowest BCUT2D eigenvalue weighted by Gasteiger charge is -2.34. The molecule has 0 N–H and O–H groups in total. The van der Waals surface area contributed by atoms with E-state index in [1.807, 2.05) is 26.8 Å². The number of aromatic nitrogens is 1. The SMILES string of the molecule is CC(C)(C)OC(=O)N1CCC(COC2CC=C(c3ccc(S(C)(=O)=O)nc3)CC2)CC1. The van der Waals surface area contributed by atoms with Gasteiger partial charge in [0.2, 0.25) is 0 Å². The summed E-state index contributed by atoms with van der Waals surface area (Å²) in [4.78, 5) is 18.0. The summed E-state index contributed by atoms with van der Waals surface area (Å²) in [5.41, 5.74) is 1.70. The van der Waals surface area contributed by atoms with Gasteiger partial charge in [0, 0.05) is 32.1 Å². The highest BCUT2D eigenvalue weighted by atomic mass is 32.2. The number of carbonyl (C=O) groups is 1. The van der Waals surface area contributed by atoms with E-state index in [4.69, 9.17) is 9.47 Å². The molecule has 0 radical (unpaired) electrons. The molecule has 1 aliphatic heterocycles. The van der Waals surface area contributed by atoms with E-state index in [0.717, 1.165) is 50.5 Å². The van der Waals surface area contributed by atoms with E-state index in [2.05, 4.69) is 11.1 Å². The number of likely N-dealkylation sites (tertiary alicyclic amines) is 1. The van der Waals surface area contributed by atoms with Crippen LogP contribution in [0.4, 0.5) is 4.79 Å². The van der Waals surface area contributed by atoms with Crippen molar-refractivity contribution >= 4 is 21.5 Å². The van der Waals surface area contributed by atoms with E-state index in [-0.39, 0.29) is 17.2 Å². The van der Waals surface area contributed by atoms with E-state index in [9.17, 15) is 13.2 Å². The maximum Gasteiger partial charge on any atom is 0.410 e. The van der Waals surface area contributed by atoms with E-state index in [1.54, 1.807) is 17.2 Å². The van der Waals surface area contributed by atoms with Crippen molar-refractivity contribution in [1.29, 1.82) is 0 Å². The van der Waals surface area contributed by atoms with Gasteiger partial charge in [-0.2, -0.15) is 0 Å². The Morgan fingerprint density at radius 3 is 2.42 bits per heavy atom. The average molecular weight is 451 g/mol. The summed E-state index contributed by atoms with van der Waals surface area (Å²) < 4.78 is 34.7. The zero-order valence-corrected chi connectivity index (χ0v) is 19.8. The summed E-state index contributed by atoms with van der Waals surface area (Å²) in [6, 6.07) is 3.40. The van der Waals surface area contributed by atoms with Crippen LogP contribution in [-0.2, 0) is 19.3 Å². The molecule has 1 saturated heterocycles. The lowest BCUT2D eigenvalue weighted by molar-refractivity contribution is -0.00377. The van der Waals surface area contributed by atoms with Gasteiger partial charge >= 0.3 is 6.09 Å². The molecule has 1 fully saturated rings. The second-order valence-electron chi connectivity index (χ2n) is 9.53. The monoisotopic (exact) mass is 450 g/mol. The van der Waals surface area contributed by atoms with Gasteiger partial charge in [-0.25, -0.2) is 18.2 Å². The van der Waals surface area contributed by atoms with Gasteiger partial charge in [-0.15, -0.1) is 0 Å². The molecule has 0 aromatic carbocycles. The Kier molecular flexibility index (Phi) is 7.42. The Hall–Kier alpha value is -1.93. The molecule has 172 valence electrons. The van der Waals surface area contributed by atoms with E-state index in [0.29, 0.717) is 19.0 Å². The highest BCUT2D eigenvalue weighted by Gasteiger charge is 2.27. The Morgan fingerprint density at radius 2 is 1.90 bits per heavy atom. The van der Waals surface area contributed by atoms with Gasteiger partial charge < -0.3 is 14.4 Å². The first-order valence-corrected chi connectivity index (χ1v) is 12.9. The van der Waals surface area contributed by atoms with E-state index >= 15 is 0 Å². The number of sulfone groups is 1. The second-order valence-corrected chi connectivity index (χ2v) is 11.5. The zero-order chi connectivity index (χ0) is 22.6. The zero-order valence-electron chi connectivity index (χ0n) is 19.0. The molecule has 1 atom stereocenters. The third-order valence-corrected chi connectivity index (χ3v) is 6.68. The number of hydrogen-bond donors (Lipinski definition) is 0. The first kappa shape index (κ1) is 23.7. The molecule has 2 heterocycles. The van der Waals surface area contributed by atoms with Crippen LogP contribution in [0.25, 0.3) is 5.57 Å². The predicted octanol–water partition coefficient (Wildman–Crippen LogP) is 4.08. The number of piperidine rings is 1. The highest BCUT2D eigenvalue weighted by molar-refractivity contribution is 7.90. The quantitative estimate of drug-likeness (QED) is 0.672. The predicted molar refractivity (Wildman–Crippen MR) is 119 cm³/mol. The summed E-state index contributed by atoms with van der Waals surface area (Å²) in [6.07, 6.45) is 9.51. The number of amides is 1. The largest absolute Gasteiger partial charge is 0.444 e. The Morgan fingerprint density at radius 1 is 1.19 bits per heavy atom. The first-order valence-electron chi connectivity index (χ1n) is 11.0. The minimum Gasteiger partial charge on any atom is -0.444 e. The van der Waals surface area contributed by atoms with Crippen LogP contribution in [0.3, 0.4) is 0 Å². The molecule has 0 spiro atoms. The van der Waals surface area contributed by atoms with Crippen molar-refractivity contribution in [3.8, 4) is 0 Å². The lowest BCUT2D eigenvalue weighted by Crippen LogP contribution is -2.42. The summed E-state index contributed by atoms with van der Waals surface area (Å²) in [6.45, 7) is 7.81. The number of nitrogens with zero attached hydrogens (tertiary/aromatic N) is 2. The van der Waals surface area contributed by atoms with Gasteiger partial charge in [-0.3, -0.25) is 0 Å². The summed E-state index contributed by atoms with van der Waals surface area (Å²) in [7, 11) is -3.27. The fraction of sp³-hybridized carbons (Fsp3) is 0.652. The number of pyridine rings is 1. The van der Waals surface area contributed by atoms with Crippen molar-refractivity contribution in [2.24, 2.45) is 5.92 Å². The number of allylic oxidation sites excluding steroid dienone is 1. The standard InChI is InChI=1S/C23H34N2O5S/c1-23(2,3)30-22(26)25-13-11-17(12-14-25)16-29-20-8-5-18(6-9-20)19-7-10-21(24-15-19)31(4,27)28/h5,7,10,15,17,20H,6,8-9,11-14,16H2,1-4H3.